The van der Waals surface area contributed by atoms with Gasteiger partial charge in [0.2, 0.25) is 0 Å². The number of thiocarbonyl (C=S) groups is 1. The van der Waals surface area contributed by atoms with Gasteiger partial charge in [0, 0.05) is 4.47 Å². The van der Waals surface area contributed by atoms with Crippen molar-refractivity contribution in [2.75, 3.05) is 5.32 Å². The van der Waals surface area contributed by atoms with Crippen LogP contribution in [0.15, 0.2) is 83.3 Å². The Labute approximate surface area is 171 Å². The highest BCUT2D eigenvalue weighted by Gasteiger charge is 2.12. The van der Waals surface area contributed by atoms with E-state index in [0.29, 0.717) is 28.1 Å². The summed E-state index contributed by atoms with van der Waals surface area (Å²) >= 11 is 8.64. The Balaban J connectivity index is 1.64. The van der Waals surface area contributed by atoms with Crippen LogP contribution in [0.2, 0.25) is 0 Å². The number of hydrogen-bond acceptors (Lipinski definition) is 3. The third-order valence-electron chi connectivity index (χ3n) is 3.72. The second kappa shape index (κ2) is 9.30. The Morgan fingerprint density at radius 1 is 0.926 bits per heavy atom. The Kier molecular flexibility index (Phi) is 6.57. The third-order valence-corrected chi connectivity index (χ3v) is 4.61. The van der Waals surface area contributed by atoms with Crippen molar-refractivity contribution in [3.63, 3.8) is 0 Å². The monoisotopic (exact) mass is 440 g/mol. The number of carbonyl (C=O) groups is 1. The van der Waals surface area contributed by atoms with Gasteiger partial charge in [-0.3, -0.25) is 10.1 Å². The molecule has 3 aromatic rings. The van der Waals surface area contributed by atoms with E-state index in [1.54, 1.807) is 18.2 Å². The van der Waals surface area contributed by atoms with Gasteiger partial charge in [0.15, 0.2) is 5.11 Å². The molecule has 0 fully saturated rings. The van der Waals surface area contributed by atoms with Gasteiger partial charge in [0.25, 0.3) is 5.91 Å². The summed E-state index contributed by atoms with van der Waals surface area (Å²) in [6, 6.07) is 24.5. The summed E-state index contributed by atoms with van der Waals surface area (Å²) in [5.74, 6) is 0.363. The average Bonchev–Trinajstić information content (AvgIpc) is 2.68. The first-order valence-corrected chi connectivity index (χ1v) is 9.46. The van der Waals surface area contributed by atoms with Crippen molar-refractivity contribution in [2.45, 2.75) is 6.61 Å². The zero-order valence-corrected chi connectivity index (χ0v) is 16.7. The van der Waals surface area contributed by atoms with Crippen LogP contribution in [0, 0.1) is 0 Å². The van der Waals surface area contributed by atoms with Crippen molar-refractivity contribution < 1.29 is 9.53 Å². The van der Waals surface area contributed by atoms with Gasteiger partial charge in [-0.25, -0.2) is 0 Å². The number of anilines is 1. The SMILES string of the molecule is O=C(NC(=S)Nc1ccccc1OCc1ccccc1)c1ccccc1Br. The highest BCUT2D eigenvalue weighted by Crippen LogP contribution is 2.25. The molecular formula is C21H17BrN2O2S. The van der Waals surface area contributed by atoms with Gasteiger partial charge in [-0.1, -0.05) is 54.6 Å². The molecule has 0 unspecified atom stereocenters. The number of benzene rings is 3. The molecule has 0 spiro atoms. The van der Waals surface area contributed by atoms with E-state index in [4.69, 9.17) is 17.0 Å². The number of amides is 1. The minimum Gasteiger partial charge on any atom is -0.487 e. The van der Waals surface area contributed by atoms with Crippen molar-refractivity contribution in [1.82, 2.24) is 5.32 Å². The summed E-state index contributed by atoms with van der Waals surface area (Å²) in [6.07, 6.45) is 0. The molecule has 0 saturated heterocycles. The highest BCUT2D eigenvalue weighted by atomic mass is 79.9. The number of hydrogen-bond donors (Lipinski definition) is 2. The van der Waals surface area contributed by atoms with E-state index in [9.17, 15) is 4.79 Å². The molecule has 0 aliphatic carbocycles. The van der Waals surface area contributed by atoms with Gasteiger partial charge in [-0.15, -0.1) is 0 Å². The van der Waals surface area contributed by atoms with E-state index in [1.165, 1.54) is 0 Å². The number of halogens is 1. The van der Waals surface area contributed by atoms with Crippen LogP contribution in [-0.4, -0.2) is 11.0 Å². The molecule has 0 atom stereocenters. The molecule has 4 nitrogen and oxygen atoms in total. The van der Waals surface area contributed by atoms with Gasteiger partial charge >= 0.3 is 0 Å². The van der Waals surface area contributed by atoms with E-state index in [2.05, 4.69) is 26.6 Å². The minimum absolute atomic E-state index is 0.200. The number of para-hydroxylation sites is 2. The maximum absolute atomic E-state index is 12.4. The van der Waals surface area contributed by atoms with Crippen molar-refractivity contribution in [2.24, 2.45) is 0 Å². The van der Waals surface area contributed by atoms with E-state index in [-0.39, 0.29) is 11.0 Å². The lowest BCUT2D eigenvalue weighted by molar-refractivity contribution is 0.0977. The maximum atomic E-state index is 12.4. The molecule has 2 N–H and O–H groups in total. The molecule has 0 saturated carbocycles. The second-order valence-corrected chi connectivity index (χ2v) is 6.92. The lowest BCUT2D eigenvalue weighted by Gasteiger charge is -2.14. The van der Waals surface area contributed by atoms with Crippen molar-refractivity contribution in [1.29, 1.82) is 0 Å². The summed E-state index contributed by atoms with van der Waals surface area (Å²) in [4.78, 5) is 12.4. The van der Waals surface area contributed by atoms with Crippen LogP contribution in [0.1, 0.15) is 15.9 Å². The molecule has 0 heterocycles. The summed E-state index contributed by atoms with van der Waals surface area (Å²) in [7, 11) is 0. The molecule has 3 aromatic carbocycles. The molecule has 3 rings (SSSR count). The summed E-state index contributed by atoms with van der Waals surface area (Å²) < 4.78 is 6.60. The Morgan fingerprint density at radius 3 is 2.37 bits per heavy atom. The smallest absolute Gasteiger partial charge is 0.258 e. The van der Waals surface area contributed by atoms with Crippen LogP contribution in [-0.2, 0) is 6.61 Å². The molecule has 27 heavy (non-hydrogen) atoms. The molecule has 0 aromatic heterocycles. The summed E-state index contributed by atoms with van der Waals surface area (Å²) in [6.45, 7) is 0.440. The molecule has 6 heteroatoms. The zero-order valence-electron chi connectivity index (χ0n) is 14.3. The van der Waals surface area contributed by atoms with Gasteiger partial charge in [0.1, 0.15) is 12.4 Å². The molecular weight excluding hydrogens is 424 g/mol. The first kappa shape index (κ1) is 19.1. The fraction of sp³-hybridized carbons (Fsp3) is 0.0476. The van der Waals surface area contributed by atoms with Crippen LogP contribution >= 0.6 is 28.1 Å². The van der Waals surface area contributed by atoms with E-state index in [0.717, 1.165) is 5.56 Å². The summed E-state index contributed by atoms with van der Waals surface area (Å²) in [5.41, 5.74) is 2.26. The third kappa shape index (κ3) is 5.39. The molecule has 1 amide bonds. The molecule has 0 radical (unpaired) electrons. The number of nitrogens with one attached hydrogen (secondary N) is 2. The Morgan fingerprint density at radius 2 is 1.59 bits per heavy atom. The standard InChI is InChI=1S/C21H17BrN2O2S/c22-17-11-5-4-10-16(17)20(25)24-21(27)23-18-12-6-7-13-19(18)26-14-15-8-2-1-3-9-15/h1-13H,14H2,(H2,23,24,25,27). The zero-order chi connectivity index (χ0) is 19.1. The lowest BCUT2D eigenvalue weighted by atomic mass is 10.2. The van der Waals surface area contributed by atoms with Crippen LogP contribution < -0.4 is 15.4 Å². The molecule has 0 bridgehead atoms. The fourth-order valence-electron chi connectivity index (χ4n) is 2.40. The quantitative estimate of drug-likeness (QED) is 0.538. The predicted octanol–water partition coefficient (Wildman–Crippen LogP) is 5.15. The van der Waals surface area contributed by atoms with Crippen LogP contribution in [0.4, 0.5) is 5.69 Å². The normalized spacial score (nSPS) is 10.1. The van der Waals surface area contributed by atoms with Gasteiger partial charge < -0.3 is 10.1 Å². The maximum Gasteiger partial charge on any atom is 0.258 e. The first-order chi connectivity index (χ1) is 13.1. The number of carbonyl (C=O) groups excluding carboxylic acids is 1. The lowest BCUT2D eigenvalue weighted by Crippen LogP contribution is -2.34. The van der Waals surface area contributed by atoms with E-state index >= 15 is 0 Å². The van der Waals surface area contributed by atoms with Gasteiger partial charge in [0.05, 0.1) is 11.3 Å². The van der Waals surface area contributed by atoms with Crippen molar-refractivity contribution in [3.05, 3.63) is 94.5 Å². The largest absolute Gasteiger partial charge is 0.487 e. The first-order valence-electron chi connectivity index (χ1n) is 8.26. The van der Waals surface area contributed by atoms with Crippen LogP contribution in [0.5, 0.6) is 5.75 Å². The van der Waals surface area contributed by atoms with Crippen LogP contribution in [0.25, 0.3) is 0 Å². The topological polar surface area (TPSA) is 50.4 Å². The fourth-order valence-corrected chi connectivity index (χ4v) is 3.07. The highest BCUT2D eigenvalue weighted by molar-refractivity contribution is 9.10. The molecule has 0 aliphatic rings. The van der Waals surface area contributed by atoms with Crippen molar-refractivity contribution >= 4 is 44.9 Å². The molecule has 136 valence electrons. The second-order valence-electron chi connectivity index (χ2n) is 5.66. The van der Waals surface area contributed by atoms with Gasteiger partial charge in [-0.2, -0.15) is 0 Å². The minimum atomic E-state index is -0.289. The number of rotatable bonds is 5. The average molecular weight is 441 g/mol. The Bertz CT molecular complexity index is 948. The number of ether oxygens (including phenoxy) is 1. The van der Waals surface area contributed by atoms with E-state index in [1.807, 2.05) is 60.7 Å². The predicted molar refractivity (Wildman–Crippen MR) is 115 cm³/mol. The Hall–Kier alpha value is -2.70. The van der Waals surface area contributed by atoms with E-state index < -0.39 is 0 Å². The molecule has 0 aliphatic heterocycles. The summed E-state index contributed by atoms with van der Waals surface area (Å²) in [5, 5.41) is 5.91. The van der Waals surface area contributed by atoms with Crippen molar-refractivity contribution in [3.8, 4) is 5.75 Å². The van der Waals surface area contributed by atoms with Crippen LogP contribution in [0.3, 0.4) is 0 Å². The van der Waals surface area contributed by atoms with Gasteiger partial charge in [-0.05, 0) is 58.0 Å².